The molecule has 0 fully saturated rings. The number of aromatic nitrogens is 3. The van der Waals surface area contributed by atoms with Crippen LogP contribution in [0.1, 0.15) is 37.9 Å². The van der Waals surface area contributed by atoms with Gasteiger partial charge in [-0.2, -0.15) is 0 Å². The number of aliphatic hydroxyl groups is 1. The largest absolute Gasteiger partial charge is 0.486 e. The third-order valence-corrected chi connectivity index (χ3v) is 6.60. The van der Waals surface area contributed by atoms with Gasteiger partial charge >= 0.3 is 0 Å². The maximum atomic E-state index is 13.0. The number of rotatable bonds is 6. The van der Waals surface area contributed by atoms with Crippen molar-refractivity contribution in [3.05, 3.63) is 35.7 Å². The number of benzene rings is 1. The van der Waals surface area contributed by atoms with Crippen molar-refractivity contribution < 1.29 is 24.1 Å². The zero-order valence-corrected chi connectivity index (χ0v) is 20.9. The van der Waals surface area contributed by atoms with Crippen molar-refractivity contribution in [2.75, 3.05) is 40.0 Å². The Balaban J connectivity index is 1.47. The highest BCUT2D eigenvalue weighted by atomic mass is 16.6. The smallest absolute Gasteiger partial charge is 0.222 e. The summed E-state index contributed by atoms with van der Waals surface area (Å²) < 4.78 is 19.5. The van der Waals surface area contributed by atoms with Gasteiger partial charge < -0.3 is 24.2 Å². The molecule has 1 N–H and O–H groups in total. The predicted octanol–water partition coefficient (Wildman–Crippen LogP) is 1.71. The van der Waals surface area contributed by atoms with Crippen molar-refractivity contribution in [1.29, 1.82) is 0 Å². The highest BCUT2D eigenvalue weighted by Gasteiger charge is 2.28. The number of nitrogens with zero attached hydrogens (tertiary/aromatic N) is 5. The summed E-state index contributed by atoms with van der Waals surface area (Å²) >= 11 is 0. The van der Waals surface area contributed by atoms with Gasteiger partial charge in [-0.15, -0.1) is 5.10 Å². The first kappa shape index (κ1) is 25.4. The number of hydrogen-bond acceptors (Lipinski definition) is 8. The van der Waals surface area contributed by atoms with Crippen LogP contribution in [-0.4, -0.2) is 87.9 Å². The van der Waals surface area contributed by atoms with E-state index in [4.69, 9.17) is 14.2 Å². The standard InChI is InChI=1S/C25H37N5O5/c1-18-12-30(19(2)16-31)25(32)5-4-8-29-14-21(26-27-29)17-35-24(18)15-28(3)13-20-6-7-22-23(11-20)34-10-9-33-22/h6-7,11,14,18-19,24,31H,4-5,8-10,12-13,15-17H2,1-3H3/t18-,19+,24-/m0/s1. The number of carbonyl (C=O) groups excluding carboxylic acids is 1. The monoisotopic (exact) mass is 487 g/mol. The highest BCUT2D eigenvalue weighted by molar-refractivity contribution is 5.76. The number of amides is 1. The van der Waals surface area contributed by atoms with Crippen LogP contribution in [0.5, 0.6) is 11.5 Å². The molecule has 0 aliphatic carbocycles. The molecule has 3 atom stereocenters. The molecule has 192 valence electrons. The summed E-state index contributed by atoms with van der Waals surface area (Å²) in [5.74, 6) is 1.66. The van der Waals surface area contributed by atoms with E-state index in [0.29, 0.717) is 52.3 Å². The molecule has 0 unspecified atom stereocenters. The molecule has 10 nitrogen and oxygen atoms in total. The van der Waals surface area contributed by atoms with Crippen molar-refractivity contribution in [1.82, 2.24) is 24.8 Å². The molecule has 0 saturated carbocycles. The van der Waals surface area contributed by atoms with Crippen molar-refractivity contribution >= 4 is 5.91 Å². The van der Waals surface area contributed by atoms with Gasteiger partial charge in [0.1, 0.15) is 18.9 Å². The summed E-state index contributed by atoms with van der Waals surface area (Å²) in [7, 11) is 2.06. The lowest BCUT2D eigenvalue weighted by Crippen LogP contribution is -2.47. The van der Waals surface area contributed by atoms with E-state index >= 15 is 0 Å². The molecule has 1 aromatic heterocycles. The second kappa shape index (κ2) is 11.8. The van der Waals surface area contributed by atoms with Gasteiger partial charge in [-0.05, 0) is 38.1 Å². The fraction of sp³-hybridized carbons (Fsp3) is 0.640. The van der Waals surface area contributed by atoms with Crippen molar-refractivity contribution in [2.24, 2.45) is 5.92 Å². The van der Waals surface area contributed by atoms with E-state index in [1.807, 2.05) is 25.3 Å². The fourth-order valence-electron chi connectivity index (χ4n) is 4.56. The lowest BCUT2D eigenvalue weighted by molar-refractivity contribution is -0.136. The van der Waals surface area contributed by atoms with Crippen LogP contribution in [-0.2, 0) is 29.2 Å². The van der Waals surface area contributed by atoms with Crippen molar-refractivity contribution in [3.8, 4) is 11.5 Å². The van der Waals surface area contributed by atoms with Crippen LogP contribution in [0.15, 0.2) is 24.4 Å². The van der Waals surface area contributed by atoms with Crippen molar-refractivity contribution in [3.63, 3.8) is 0 Å². The molecule has 2 bridgehead atoms. The van der Waals surface area contributed by atoms with Gasteiger partial charge in [0.25, 0.3) is 0 Å². The minimum atomic E-state index is -0.247. The normalized spacial score (nSPS) is 22.3. The van der Waals surface area contributed by atoms with Gasteiger partial charge in [-0.25, -0.2) is 0 Å². The van der Waals surface area contributed by atoms with Gasteiger partial charge in [0, 0.05) is 38.5 Å². The van der Waals surface area contributed by atoms with Crippen LogP contribution in [0.4, 0.5) is 0 Å². The van der Waals surface area contributed by atoms with Crippen molar-refractivity contribution in [2.45, 2.75) is 58.5 Å². The van der Waals surface area contributed by atoms with Gasteiger partial charge in [0.15, 0.2) is 11.5 Å². The van der Waals surface area contributed by atoms with Crippen LogP contribution < -0.4 is 9.47 Å². The molecule has 35 heavy (non-hydrogen) atoms. The van der Waals surface area contributed by atoms with E-state index in [-0.39, 0.29) is 30.6 Å². The number of likely N-dealkylation sites (N-methyl/N-ethyl adjacent to an activating group) is 1. The summed E-state index contributed by atoms with van der Waals surface area (Å²) in [5.41, 5.74) is 1.91. The number of carbonyl (C=O) groups is 1. The number of hydrogen-bond donors (Lipinski definition) is 1. The predicted molar refractivity (Wildman–Crippen MR) is 129 cm³/mol. The average molecular weight is 488 g/mol. The molecule has 0 spiro atoms. The van der Waals surface area contributed by atoms with Crippen LogP contribution >= 0.6 is 0 Å². The first-order chi connectivity index (χ1) is 16.9. The molecule has 2 aliphatic heterocycles. The Morgan fingerprint density at radius 2 is 2.06 bits per heavy atom. The Bertz CT molecular complexity index is 983. The molecule has 4 rings (SSSR count). The first-order valence-electron chi connectivity index (χ1n) is 12.4. The molecule has 1 amide bonds. The number of aryl methyl sites for hydroxylation is 1. The molecule has 10 heteroatoms. The molecular weight excluding hydrogens is 450 g/mol. The zero-order valence-electron chi connectivity index (χ0n) is 20.9. The summed E-state index contributed by atoms with van der Waals surface area (Å²) in [6.07, 6.45) is 2.82. The molecule has 0 saturated heterocycles. The Morgan fingerprint density at radius 3 is 2.86 bits per heavy atom. The molecule has 1 aromatic carbocycles. The van der Waals surface area contributed by atoms with E-state index in [2.05, 4.69) is 35.2 Å². The van der Waals surface area contributed by atoms with Gasteiger partial charge in [0.2, 0.25) is 5.91 Å². The van der Waals surface area contributed by atoms with E-state index in [0.717, 1.165) is 29.3 Å². The fourth-order valence-corrected chi connectivity index (χ4v) is 4.56. The molecule has 2 aliphatic rings. The Labute approximate surface area is 206 Å². The SMILES string of the molecule is C[C@H](CO)N1C[C@H](C)[C@H](CN(C)Cc2ccc3c(c2)OCCO3)OCc2cn(nn2)CCCC1=O. The minimum absolute atomic E-state index is 0.0429. The maximum absolute atomic E-state index is 13.0. The lowest BCUT2D eigenvalue weighted by Gasteiger charge is -2.35. The second-order valence-electron chi connectivity index (χ2n) is 9.66. The molecular formula is C25H37N5O5. The van der Waals surface area contributed by atoms with E-state index in [9.17, 15) is 9.90 Å². The van der Waals surface area contributed by atoms with Crippen LogP contribution in [0, 0.1) is 5.92 Å². The Kier molecular flexibility index (Phi) is 8.59. The zero-order chi connectivity index (χ0) is 24.8. The van der Waals surface area contributed by atoms with Crippen LogP contribution in [0.3, 0.4) is 0 Å². The van der Waals surface area contributed by atoms with E-state index in [1.165, 1.54) is 0 Å². The first-order valence-corrected chi connectivity index (χ1v) is 12.4. The molecule has 0 radical (unpaired) electrons. The van der Waals surface area contributed by atoms with Crippen LogP contribution in [0.2, 0.25) is 0 Å². The molecule has 2 aromatic rings. The maximum Gasteiger partial charge on any atom is 0.222 e. The van der Waals surface area contributed by atoms with Gasteiger partial charge in [-0.3, -0.25) is 14.4 Å². The third-order valence-electron chi connectivity index (χ3n) is 6.60. The quantitative estimate of drug-likeness (QED) is 0.657. The average Bonchev–Trinajstić information content (AvgIpc) is 3.31. The Morgan fingerprint density at radius 1 is 1.26 bits per heavy atom. The van der Waals surface area contributed by atoms with Gasteiger partial charge in [0.05, 0.1) is 31.6 Å². The van der Waals surface area contributed by atoms with E-state index < -0.39 is 0 Å². The highest BCUT2D eigenvalue weighted by Crippen LogP contribution is 2.31. The summed E-state index contributed by atoms with van der Waals surface area (Å²) in [6.45, 7) is 7.94. The summed E-state index contributed by atoms with van der Waals surface area (Å²) in [4.78, 5) is 17.0. The minimum Gasteiger partial charge on any atom is -0.486 e. The number of aliphatic hydroxyl groups excluding tert-OH is 1. The number of ether oxygens (including phenoxy) is 3. The lowest BCUT2D eigenvalue weighted by atomic mass is 10.0. The Hall–Kier alpha value is -2.69. The number of fused-ring (bicyclic) bond motifs is 3. The summed E-state index contributed by atoms with van der Waals surface area (Å²) in [6, 6.07) is 5.80. The third kappa shape index (κ3) is 6.71. The second-order valence-corrected chi connectivity index (χ2v) is 9.66. The summed E-state index contributed by atoms with van der Waals surface area (Å²) in [5, 5.41) is 18.2. The van der Waals surface area contributed by atoms with Gasteiger partial charge in [-0.1, -0.05) is 18.2 Å². The van der Waals surface area contributed by atoms with E-state index in [1.54, 1.807) is 9.58 Å². The van der Waals surface area contributed by atoms with Crippen LogP contribution in [0.25, 0.3) is 0 Å². The topological polar surface area (TPSA) is 102 Å². The molecule has 3 heterocycles.